The van der Waals surface area contributed by atoms with E-state index >= 15 is 0 Å². The van der Waals surface area contributed by atoms with Crippen LogP contribution in [0.3, 0.4) is 0 Å². The predicted octanol–water partition coefficient (Wildman–Crippen LogP) is 1.63. The Balaban J connectivity index is 1.88. The number of rotatable bonds is 3. The minimum absolute atomic E-state index is 0.00513. The van der Waals surface area contributed by atoms with Crippen molar-refractivity contribution in [2.24, 2.45) is 0 Å². The Morgan fingerprint density at radius 2 is 2.30 bits per heavy atom. The summed E-state index contributed by atoms with van der Waals surface area (Å²) >= 11 is 1.18. The van der Waals surface area contributed by atoms with E-state index in [-0.39, 0.29) is 17.8 Å². The van der Waals surface area contributed by atoms with Crippen LogP contribution in [0.2, 0.25) is 0 Å². The lowest BCUT2D eigenvalue weighted by molar-refractivity contribution is 0.0965. The molecule has 7 heteroatoms. The first kappa shape index (κ1) is 12.7. The molecule has 1 aliphatic heterocycles. The number of fused-ring (bicyclic) bond motifs is 1. The Morgan fingerprint density at radius 1 is 1.50 bits per heavy atom. The number of aromatic nitrogens is 1. The number of hydrogen-bond acceptors (Lipinski definition) is 6. The molecule has 1 unspecified atom stereocenters. The van der Waals surface area contributed by atoms with E-state index < -0.39 is 0 Å². The minimum atomic E-state index is -0.244. The first-order chi connectivity index (χ1) is 9.70. The first-order valence-electron chi connectivity index (χ1n) is 6.16. The lowest BCUT2D eigenvalue weighted by atomic mass is 10.1. The van der Waals surface area contributed by atoms with Crippen LogP contribution in [0.4, 0.5) is 10.8 Å². The van der Waals surface area contributed by atoms with Crippen molar-refractivity contribution in [3.8, 4) is 5.75 Å². The molecule has 1 aromatic carbocycles. The second kappa shape index (κ2) is 5.01. The monoisotopic (exact) mass is 290 g/mol. The van der Waals surface area contributed by atoms with E-state index in [0.29, 0.717) is 17.2 Å². The summed E-state index contributed by atoms with van der Waals surface area (Å²) in [5, 5.41) is 6.52. The maximum absolute atomic E-state index is 11.8. The third-order valence-electron chi connectivity index (χ3n) is 3.18. The van der Waals surface area contributed by atoms with Crippen molar-refractivity contribution in [2.45, 2.75) is 6.04 Å². The number of benzene rings is 1. The first-order valence-corrected chi connectivity index (χ1v) is 6.93. The maximum Gasteiger partial charge on any atom is 0.257 e. The molecule has 0 bridgehead atoms. The molecule has 0 radical (unpaired) electrons. The molecule has 20 heavy (non-hydrogen) atoms. The van der Waals surface area contributed by atoms with Crippen molar-refractivity contribution in [3.63, 3.8) is 0 Å². The summed E-state index contributed by atoms with van der Waals surface area (Å²) in [4.78, 5) is 11.8. The fourth-order valence-corrected chi connectivity index (χ4v) is 2.95. The molecule has 0 saturated heterocycles. The third kappa shape index (κ3) is 2.05. The van der Waals surface area contributed by atoms with Gasteiger partial charge < -0.3 is 21.1 Å². The summed E-state index contributed by atoms with van der Waals surface area (Å²) in [6.45, 7) is 0.518. The van der Waals surface area contributed by atoms with E-state index in [1.165, 1.54) is 11.5 Å². The Kier molecular flexibility index (Phi) is 3.19. The van der Waals surface area contributed by atoms with Crippen molar-refractivity contribution in [3.05, 3.63) is 35.4 Å². The number of hydrogen-bond donors (Lipinski definition) is 3. The molecular weight excluding hydrogens is 276 g/mol. The van der Waals surface area contributed by atoms with Crippen molar-refractivity contribution < 1.29 is 9.53 Å². The Morgan fingerprint density at radius 3 is 3.10 bits per heavy atom. The number of nitrogens with one attached hydrogen (secondary N) is 2. The highest BCUT2D eigenvalue weighted by Crippen LogP contribution is 2.36. The van der Waals surface area contributed by atoms with Gasteiger partial charge in [0.25, 0.3) is 5.91 Å². The van der Waals surface area contributed by atoms with E-state index in [0.717, 1.165) is 11.3 Å². The maximum atomic E-state index is 11.8. The molecule has 1 amide bonds. The van der Waals surface area contributed by atoms with Crippen LogP contribution in [0.1, 0.15) is 22.0 Å². The average molecular weight is 290 g/mol. The van der Waals surface area contributed by atoms with Crippen LogP contribution in [0, 0.1) is 0 Å². The van der Waals surface area contributed by atoms with Crippen molar-refractivity contribution in [1.82, 2.24) is 9.69 Å². The zero-order valence-corrected chi connectivity index (χ0v) is 11.7. The zero-order valence-electron chi connectivity index (χ0n) is 10.8. The molecular formula is C13H14N4O2S. The molecule has 2 heterocycles. The van der Waals surface area contributed by atoms with Gasteiger partial charge in [0.1, 0.15) is 22.9 Å². The van der Waals surface area contributed by atoms with E-state index in [4.69, 9.17) is 10.5 Å². The summed E-state index contributed by atoms with van der Waals surface area (Å²) in [6, 6.07) is 7.82. The highest BCUT2D eigenvalue weighted by molar-refractivity contribution is 7.11. The van der Waals surface area contributed by atoms with E-state index in [1.807, 2.05) is 24.3 Å². The number of carbonyl (C=O) groups is 1. The Hall–Kier alpha value is -2.28. The second-order valence-corrected chi connectivity index (χ2v) is 5.17. The van der Waals surface area contributed by atoms with Gasteiger partial charge >= 0.3 is 0 Å². The molecule has 0 spiro atoms. The lowest BCUT2D eigenvalue weighted by Crippen LogP contribution is -2.21. The van der Waals surface area contributed by atoms with Crippen molar-refractivity contribution in [1.29, 1.82) is 0 Å². The van der Waals surface area contributed by atoms with Gasteiger partial charge in [-0.05, 0) is 17.6 Å². The normalized spacial score (nSPS) is 16.4. The average Bonchev–Trinajstić information content (AvgIpc) is 3.03. The van der Waals surface area contributed by atoms with Gasteiger partial charge in [0.05, 0.1) is 6.04 Å². The van der Waals surface area contributed by atoms with Crippen LogP contribution in [0.25, 0.3) is 0 Å². The van der Waals surface area contributed by atoms with Crippen LogP contribution in [-0.4, -0.2) is 23.9 Å². The number of ether oxygens (including phenoxy) is 1. The van der Waals surface area contributed by atoms with Crippen LogP contribution >= 0.6 is 11.5 Å². The van der Waals surface area contributed by atoms with Gasteiger partial charge in [-0.1, -0.05) is 18.2 Å². The van der Waals surface area contributed by atoms with E-state index in [2.05, 4.69) is 15.0 Å². The number of amides is 1. The molecule has 0 saturated carbocycles. The molecule has 1 aromatic heterocycles. The van der Waals surface area contributed by atoms with Crippen LogP contribution < -0.4 is 21.1 Å². The highest BCUT2D eigenvalue weighted by atomic mass is 32.1. The SMILES string of the molecule is CNC(=O)c1c(N)nsc1NC1COc2ccccc21. The van der Waals surface area contributed by atoms with Crippen molar-refractivity contribution in [2.75, 3.05) is 24.7 Å². The smallest absolute Gasteiger partial charge is 0.257 e. The summed E-state index contributed by atoms with van der Waals surface area (Å²) in [5.41, 5.74) is 7.22. The van der Waals surface area contributed by atoms with Gasteiger partial charge in [-0.15, -0.1) is 0 Å². The summed E-state index contributed by atoms with van der Waals surface area (Å²) in [7, 11) is 1.57. The number of anilines is 2. The molecule has 0 fully saturated rings. The van der Waals surface area contributed by atoms with Gasteiger partial charge in [-0.25, -0.2) is 0 Å². The van der Waals surface area contributed by atoms with E-state index in [1.54, 1.807) is 7.05 Å². The predicted molar refractivity (Wildman–Crippen MR) is 78.2 cm³/mol. The number of carbonyl (C=O) groups excluding carboxylic acids is 1. The van der Waals surface area contributed by atoms with Crippen LogP contribution in [0.15, 0.2) is 24.3 Å². The number of nitrogens with two attached hydrogens (primary N) is 1. The Bertz CT molecular complexity index is 656. The third-order valence-corrected chi connectivity index (χ3v) is 3.97. The number of nitrogens with zero attached hydrogens (tertiary/aromatic N) is 1. The molecule has 2 aromatic rings. The van der Waals surface area contributed by atoms with Crippen molar-refractivity contribution >= 4 is 28.3 Å². The zero-order chi connectivity index (χ0) is 14.1. The fraction of sp³-hybridized carbons (Fsp3) is 0.231. The summed E-state index contributed by atoms with van der Waals surface area (Å²) < 4.78 is 9.65. The van der Waals surface area contributed by atoms with Gasteiger partial charge in [-0.2, -0.15) is 4.37 Å². The molecule has 1 aliphatic rings. The Labute approximate surface area is 120 Å². The van der Waals surface area contributed by atoms with Crippen LogP contribution in [-0.2, 0) is 0 Å². The summed E-state index contributed by atoms with van der Waals surface area (Å²) in [6.07, 6.45) is 0. The molecule has 104 valence electrons. The quantitative estimate of drug-likeness (QED) is 0.799. The molecule has 4 N–H and O–H groups in total. The fourth-order valence-electron chi connectivity index (χ4n) is 2.19. The largest absolute Gasteiger partial charge is 0.491 e. The van der Waals surface area contributed by atoms with Gasteiger partial charge in [0.2, 0.25) is 0 Å². The molecule has 1 atom stereocenters. The van der Waals surface area contributed by atoms with Gasteiger partial charge in [-0.3, -0.25) is 4.79 Å². The summed E-state index contributed by atoms with van der Waals surface area (Å²) in [5.74, 6) is 0.860. The van der Waals surface area contributed by atoms with Crippen LogP contribution in [0.5, 0.6) is 5.75 Å². The number of nitrogen functional groups attached to an aromatic ring is 1. The molecule has 0 aliphatic carbocycles. The standard InChI is InChI=1S/C13H14N4O2S/c1-15-12(18)10-11(14)17-20-13(10)16-8-6-19-9-5-3-2-4-7(8)9/h2-5,8,16H,6H2,1H3,(H2,14,17)(H,15,18). The minimum Gasteiger partial charge on any atom is -0.491 e. The van der Waals surface area contributed by atoms with Gasteiger partial charge in [0, 0.05) is 12.6 Å². The molecule has 3 rings (SSSR count). The topological polar surface area (TPSA) is 89.3 Å². The second-order valence-electron chi connectivity index (χ2n) is 4.40. The highest BCUT2D eigenvalue weighted by Gasteiger charge is 2.27. The van der Waals surface area contributed by atoms with E-state index in [9.17, 15) is 4.79 Å². The molecule has 6 nitrogen and oxygen atoms in total. The van der Waals surface area contributed by atoms with Gasteiger partial charge in [0.15, 0.2) is 5.82 Å². The lowest BCUT2D eigenvalue weighted by Gasteiger charge is -2.12. The number of para-hydroxylation sites is 1.